The molecule has 4 heteroatoms. The zero-order chi connectivity index (χ0) is 12.6. The Balaban J connectivity index is 2.41. The molecule has 0 spiro atoms. The molecule has 1 aromatic carbocycles. The van der Waals surface area contributed by atoms with E-state index in [0.29, 0.717) is 6.54 Å². The summed E-state index contributed by atoms with van der Waals surface area (Å²) >= 11 is 3.46. The number of piperazine rings is 1. The second kappa shape index (κ2) is 4.33. The van der Waals surface area contributed by atoms with Gasteiger partial charge in [0.25, 0.3) is 0 Å². The molecule has 0 radical (unpaired) electrons. The van der Waals surface area contributed by atoms with Gasteiger partial charge in [-0.25, -0.2) is 0 Å². The van der Waals surface area contributed by atoms with Gasteiger partial charge in [-0.1, -0.05) is 15.9 Å². The van der Waals surface area contributed by atoms with Gasteiger partial charge in [-0.3, -0.25) is 4.79 Å². The number of nitrogens with one attached hydrogen (secondary N) is 1. The van der Waals surface area contributed by atoms with E-state index < -0.39 is 5.54 Å². The molecule has 0 aromatic heterocycles. The number of hydrogen-bond acceptors (Lipinski definition) is 2. The Morgan fingerprint density at radius 1 is 1.41 bits per heavy atom. The van der Waals surface area contributed by atoms with E-state index in [1.54, 1.807) is 0 Å². The maximum Gasteiger partial charge on any atom is 0.245 e. The van der Waals surface area contributed by atoms with Crippen LogP contribution in [0, 0.1) is 6.92 Å². The fourth-order valence-corrected chi connectivity index (χ4v) is 2.72. The Hall–Kier alpha value is -1.03. The number of carbonyl (C=O) groups excluding carboxylic acids is 1. The zero-order valence-corrected chi connectivity index (χ0v) is 12.0. The Labute approximate surface area is 110 Å². The van der Waals surface area contributed by atoms with E-state index in [2.05, 4.69) is 45.2 Å². The number of aryl methyl sites for hydroxylation is 1. The van der Waals surface area contributed by atoms with Gasteiger partial charge in [-0.15, -0.1) is 0 Å². The molecule has 0 bridgehead atoms. The minimum atomic E-state index is -0.489. The van der Waals surface area contributed by atoms with Crippen LogP contribution in [0.5, 0.6) is 0 Å². The predicted molar refractivity (Wildman–Crippen MR) is 73.3 cm³/mol. The van der Waals surface area contributed by atoms with Crippen molar-refractivity contribution in [2.45, 2.75) is 26.3 Å². The summed E-state index contributed by atoms with van der Waals surface area (Å²) in [4.78, 5) is 14.1. The number of benzene rings is 1. The van der Waals surface area contributed by atoms with Gasteiger partial charge in [-0.2, -0.15) is 0 Å². The quantitative estimate of drug-likeness (QED) is 0.863. The van der Waals surface area contributed by atoms with E-state index >= 15 is 0 Å². The Kier molecular flexibility index (Phi) is 3.17. The Bertz CT molecular complexity index is 457. The van der Waals surface area contributed by atoms with Crippen LogP contribution in [0.2, 0.25) is 0 Å². The molecule has 0 aliphatic carbocycles. The van der Waals surface area contributed by atoms with Gasteiger partial charge >= 0.3 is 0 Å². The molecule has 0 atom stereocenters. The van der Waals surface area contributed by atoms with E-state index in [-0.39, 0.29) is 5.91 Å². The topological polar surface area (TPSA) is 32.3 Å². The van der Waals surface area contributed by atoms with Crippen molar-refractivity contribution in [1.82, 2.24) is 5.32 Å². The molecule has 1 aliphatic heterocycles. The molecule has 1 aromatic rings. The summed E-state index contributed by atoms with van der Waals surface area (Å²) in [5, 5.41) is 2.91. The molecule has 0 saturated carbocycles. The van der Waals surface area contributed by atoms with Crippen molar-refractivity contribution in [3.05, 3.63) is 28.2 Å². The first-order valence-corrected chi connectivity index (χ1v) is 6.54. The number of carbonyl (C=O) groups is 1. The lowest BCUT2D eigenvalue weighted by molar-refractivity contribution is -0.126. The Morgan fingerprint density at radius 2 is 2.12 bits per heavy atom. The molecular formula is C13H17BrN2O. The van der Waals surface area contributed by atoms with E-state index in [1.807, 2.05) is 19.9 Å². The second-order valence-corrected chi connectivity index (χ2v) is 5.81. The van der Waals surface area contributed by atoms with Crippen molar-refractivity contribution < 1.29 is 4.79 Å². The van der Waals surface area contributed by atoms with Crippen LogP contribution in [0.15, 0.2) is 22.7 Å². The first kappa shape index (κ1) is 12.4. The van der Waals surface area contributed by atoms with Gasteiger partial charge in [0.05, 0.1) is 0 Å². The molecule has 92 valence electrons. The number of amides is 1. The van der Waals surface area contributed by atoms with Crippen LogP contribution in [0.1, 0.15) is 19.4 Å². The van der Waals surface area contributed by atoms with Gasteiger partial charge in [-0.05, 0) is 44.5 Å². The molecule has 1 aliphatic rings. The summed E-state index contributed by atoms with van der Waals surface area (Å²) in [5.74, 6) is 0.0890. The molecule has 17 heavy (non-hydrogen) atoms. The van der Waals surface area contributed by atoms with Gasteiger partial charge in [0.15, 0.2) is 0 Å². The molecule has 0 unspecified atom stereocenters. The zero-order valence-electron chi connectivity index (χ0n) is 10.4. The van der Waals surface area contributed by atoms with Crippen molar-refractivity contribution in [3.8, 4) is 0 Å². The highest BCUT2D eigenvalue weighted by atomic mass is 79.9. The SMILES string of the molecule is Cc1cc(Br)ccc1N1CCNC(=O)C1(C)C. The van der Waals surface area contributed by atoms with E-state index in [9.17, 15) is 4.79 Å². The molecule has 1 heterocycles. The van der Waals surface area contributed by atoms with Crippen LogP contribution in [-0.4, -0.2) is 24.5 Å². The number of anilines is 1. The highest BCUT2D eigenvalue weighted by Crippen LogP contribution is 2.30. The number of halogens is 1. The van der Waals surface area contributed by atoms with E-state index in [1.165, 1.54) is 5.56 Å². The van der Waals surface area contributed by atoms with Crippen molar-refractivity contribution in [3.63, 3.8) is 0 Å². The minimum absolute atomic E-state index is 0.0890. The summed E-state index contributed by atoms with van der Waals surface area (Å²) in [7, 11) is 0. The monoisotopic (exact) mass is 296 g/mol. The molecule has 1 amide bonds. The van der Waals surface area contributed by atoms with Crippen molar-refractivity contribution in [1.29, 1.82) is 0 Å². The average Bonchev–Trinajstić information content (AvgIpc) is 2.23. The lowest BCUT2D eigenvalue weighted by Crippen LogP contribution is -2.62. The highest BCUT2D eigenvalue weighted by Gasteiger charge is 2.38. The lowest BCUT2D eigenvalue weighted by Gasteiger charge is -2.43. The van der Waals surface area contributed by atoms with Gasteiger partial charge in [0, 0.05) is 23.2 Å². The maximum atomic E-state index is 11.9. The normalized spacial score (nSPS) is 19.1. The summed E-state index contributed by atoms with van der Waals surface area (Å²) < 4.78 is 1.07. The van der Waals surface area contributed by atoms with Crippen LogP contribution in [0.25, 0.3) is 0 Å². The summed E-state index contributed by atoms with van der Waals surface area (Å²) in [5.41, 5.74) is 1.83. The standard InChI is InChI=1S/C13H17BrN2O/c1-9-8-10(14)4-5-11(9)16-7-6-15-12(17)13(16,2)3/h4-5,8H,6-7H2,1-3H3,(H,15,17). The van der Waals surface area contributed by atoms with Gasteiger partial charge in [0.2, 0.25) is 5.91 Å². The highest BCUT2D eigenvalue weighted by molar-refractivity contribution is 9.10. The molecule has 2 rings (SSSR count). The predicted octanol–water partition coefficient (Wildman–Crippen LogP) is 2.47. The third-order valence-electron chi connectivity index (χ3n) is 3.30. The second-order valence-electron chi connectivity index (χ2n) is 4.90. The van der Waals surface area contributed by atoms with Crippen LogP contribution >= 0.6 is 15.9 Å². The van der Waals surface area contributed by atoms with Crippen LogP contribution in [0.3, 0.4) is 0 Å². The summed E-state index contributed by atoms with van der Waals surface area (Å²) in [6, 6.07) is 6.17. The number of hydrogen-bond donors (Lipinski definition) is 1. The third-order valence-corrected chi connectivity index (χ3v) is 3.79. The van der Waals surface area contributed by atoms with Crippen molar-refractivity contribution in [2.24, 2.45) is 0 Å². The smallest absolute Gasteiger partial charge is 0.245 e. The molecule has 3 nitrogen and oxygen atoms in total. The number of rotatable bonds is 1. The fourth-order valence-electron chi connectivity index (χ4n) is 2.24. The van der Waals surface area contributed by atoms with Crippen LogP contribution < -0.4 is 10.2 Å². The summed E-state index contributed by atoms with van der Waals surface area (Å²) in [6.07, 6.45) is 0. The Morgan fingerprint density at radius 3 is 2.76 bits per heavy atom. The molecule has 1 N–H and O–H groups in total. The van der Waals surface area contributed by atoms with Crippen LogP contribution in [0.4, 0.5) is 5.69 Å². The van der Waals surface area contributed by atoms with Gasteiger partial charge < -0.3 is 10.2 Å². The fraction of sp³-hybridized carbons (Fsp3) is 0.462. The van der Waals surface area contributed by atoms with Gasteiger partial charge in [0.1, 0.15) is 5.54 Å². The maximum absolute atomic E-state index is 11.9. The van der Waals surface area contributed by atoms with E-state index in [0.717, 1.165) is 16.7 Å². The molecule has 1 fully saturated rings. The molecular weight excluding hydrogens is 280 g/mol. The first-order chi connectivity index (χ1) is 7.93. The van der Waals surface area contributed by atoms with Crippen LogP contribution in [-0.2, 0) is 4.79 Å². The third kappa shape index (κ3) is 2.18. The first-order valence-electron chi connectivity index (χ1n) is 5.75. The minimum Gasteiger partial charge on any atom is -0.356 e. The summed E-state index contributed by atoms with van der Waals surface area (Å²) in [6.45, 7) is 7.55. The largest absolute Gasteiger partial charge is 0.356 e. The van der Waals surface area contributed by atoms with Crippen molar-refractivity contribution in [2.75, 3.05) is 18.0 Å². The van der Waals surface area contributed by atoms with E-state index in [4.69, 9.17) is 0 Å². The number of nitrogens with zero attached hydrogens (tertiary/aromatic N) is 1. The average molecular weight is 297 g/mol. The molecule has 1 saturated heterocycles. The van der Waals surface area contributed by atoms with Crippen molar-refractivity contribution >= 4 is 27.5 Å². The lowest BCUT2D eigenvalue weighted by atomic mass is 9.97.